The Morgan fingerprint density at radius 2 is 1.19 bits per heavy atom. The van der Waals surface area contributed by atoms with Crippen LogP contribution in [0.1, 0.15) is 110 Å². The number of hydrogen-bond acceptors (Lipinski definition) is 1. The van der Waals surface area contributed by atoms with Gasteiger partial charge in [-0.2, -0.15) is 0 Å². The molecule has 21 heavy (non-hydrogen) atoms. The molecule has 1 atom stereocenters. The highest BCUT2D eigenvalue weighted by molar-refractivity contribution is 5.66. The van der Waals surface area contributed by atoms with E-state index in [0.717, 1.165) is 18.8 Å². The molecular formula is C19H38O2. The van der Waals surface area contributed by atoms with Gasteiger partial charge in [0.2, 0.25) is 0 Å². The number of rotatable bonds is 16. The number of hydrogen-bond donors (Lipinski definition) is 1. The first-order valence-electron chi connectivity index (χ1n) is 9.38. The maximum atomic E-state index is 10.4. The lowest BCUT2D eigenvalue weighted by atomic mass is 9.97. The average Bonchev–Trinajstić information content (AvgIpc) is 2.45. The van der Waals surface area contributed by atoms with E-state index >= 15 is 0 Å². The normalized spacial score (nSPS) is 12.5. The second-order valence-electron chi connectivity index (χ2n) is 6.72. The van der Waals surface area contributed by atoms with E-state index in [9.17, 15) is 4.79 Å². The van der Waals surface area contributed by atoms with E-state index in [1.165, 1.54) is 77.0 Å². The standard InChI is InChI=1S/C19H38O2/c1-3-4-15-18(2)16-13-11-9-7-5-6-8-10-12-14-17-19(20)21/h18H,3-17H2,1-2H3,(H,20,21). The lowest BCUT2D eigenvalue weighted by Gasteiger charge is -2.10. The lowest BCUT2D eigenvalue weighted by Crippen LogP contribution is -1.94. The van der Waals surface area contributed by atoms with Crippen LogP contribution in [0.3, 0.4) is 0 Å². The molecule has 2 heteroatoms. The van der Waals surface area contributed by atoms with Crippen molar-refractivity contribution in [1.29, 1.82) is 0 Å². The van der Waals surface area contributed by atoms with E-state index in [1.54, 1.807) is 0 Å². The van der Waals surface area contributed by atoms with Crippen LogP contribution >= 0.6 is 0 Å². The Labute approximate surface area is 132 Å². The Morgan fingerprint density at radius 1 is 0.762 bits per heavy atom. The van der Waals surface area contributed by atoms with Crippen LogP contribution in [0.25, 0.3) is 0 Å². The summed E-state index contributed by atoms with van der Waals surface area (Å²) in [5.74, 6) is 0.273. The highest BCUT2D eigenvalue weighted by Crippen LogP contribution is 2.17. The van der Waals surface area contributed by atoms with E-state index in [4.69, 9.17) is 5.11 Å². The summed E-state index contributed by atoms with van der Waals surface area (Å²) in [5, 5.41) is 8.53. The zero-order valence-corrected chi connectivity index (χ0v) is 14.5. The van der Waals surface area contributed by atoms with Crippen LogP contribution in [-0.2, 0) is 4.79 Å². The summed E-state index contributed by atoms with van der Waals surface area (Å²) in [6, 6.07) is 0. The minimum absolute atomic E-state index is 0.344. The maximum absolute atomic E-state index is 10.4. The zero-order valence-electron chi connectivity index (χ0n) is 14.5. The van der Waals surface area contributed by atoms with E-state index in [0.29, 0.717) is 6.42 Å². The third kappa shape index (κ3) is 17.4. The van der Waals surface area contributed by atoms with Crippen molar-refractivity contribution in [1.82, 2.24) is 0 Å². The van der Waals surface area contributed by atoms with Gasteiger partial charge < -0.3 is 5.11 Å². The van der Waals surface area contributed by atoms with Gasteiger partial charge in [-0.3, -0.25) is 4.79 Å². The number of carboxylic acids is 1. The quantitative estimate of drug-likeness (QED) is 0.327. The minimum Gasteiger partial charge on any atom is -0.481 e. The van der Waals surface area contributed by atoms with Crippen molar-refractivity contribution in [3.63, 3.8) is 0 Å². The van der Waals surface area contributed by atoms with Gasteiger partial charge >= 0.3 is 5.97 Å². The first kappa shape index (κ1) is 20.5. The van der Waals surface area contributed by atoms with E-state index in [-0.39, 0.29) is 0 Å². The van der Waals surface area contributed by atoms with Crippen LogP contribution in [0, 0.1) is 5.92 Å². The van der Waals surface area contributed by atoms with E-state index < -0.39 is 5.97 Å². The monoisotopic (exact) mass is 298 g/mol. The molecule has 0 aromatic rings. The summed E-state index contributed by atoms with van der Waals surface area (Å²) in [7, 11) is 0. The molecule has 0 aromatic heterocycles. The molecule has 0 rings (SSSR count). The van der Waals surface area contributed by atoms with Gasteiger partial charge in [0, 0.05) is 6.42 Å². The molecule has 1 N–H and O–H groups in total. The van der Waals surface area contributed by atoms with Crippen molar-refractivity contribution in [2.24, 2.45) is 5.92 Å². The highest BCUT2D eigenvalue weighted by atomic mass is 16.4. The molecule has 0 amide bonds. The molecule has 0 heterocycles. The van der Waals surface area contributed by atoms with Crippen LogP contribution in [-0.4, -0.2) is 11.1 Å². The van der Waals surface area contributed by atoms with Crippen molar-refractivity contribution in [3.8, 4) is 0 Å². The Balaban J connectivity index is 3.07. The van der Waals surface area contributed by atoms with Crippen LogP contribution in [0.4, 0.5) is 0 Å². The van der Waals surface area contributed by atoms with Gasteiger partial charge in [-0.05, 0) is 12.3 Å². The summed E-state index contributed by atoms with van der Waals surface area (Å²) in [5.41, 5.74) is 0. The Bertz CT molecular complexity index is 226. The molecule has 0 aromatic carbocycles. The van der Waals surface area contributed by atoms with Crippen molar-refractivity contribution < 1.29 is 9.90 Å². The smallest absolute Gasteiger partial charge is 0.303 e. The fourth-order valence-corrected chi connectivity index (χ4v) is 2.88. The molecule has 0 saturated heterocycles. The fraction of sp³-hybridized carbons (Fsp3) is 0.947. The highest BCUT2D eigenvalue weighted by Gasteiger charge is 2.01. The predicted molar refractivity (Wildman–Crippen MR) is 91.7 cm³/mol. The van der Waals surface area contributed by atoms with Gasteiger partial charge in [0.1, 0.15) is 0 Å². The maximum Gasteiger partial charge on any atom is 0.303 e. The molecule has 0 aliphatic rings. The fourth-order valence-electron chi connectivity index (χ4n) is 2.88. The summed E-state index contributed by atoms with van der Waals surface area (Å²) in [6.07, 6.45) is 18.7. The minimum atomic E-state index is -0.654. The van der Waals surface area contributed by atoms with Gasteiger partial charge in [0.25, 0.3) is 0 Å². The molecule has 126 valence electrons. The molecule has 0 aliphatic heterocycles. The molecule has 0 aliphatic carbocycles. The largest absolute Gasteiger partial charge is 0.481 e. The second-order valence-corrected chi connectivity index (χ2v) is 6.72. The molecule has 0 spiro atoms. The van der Waals surface area contributed by atoms with Crippen LogP contribution in [0.5, 0.6) is 0 Å². The summed E-state index contributed by atoms with van der Waals surface area (Å²) >= 11 is 0. The van der Waals surface area contributed by atoms with Crippen molar-refractivity contribution in [2.75, 3.05) is 0 Å². The molecule has 0 radical (unpaired) electrons. The number of aliphatic carboxylic acids is 1. The molecule has 1 unspecified atom stereocenters. The van der Waals surface area contributed by atoms with Crippen LogP contribution in [0.15, 0.2) is 0 Å². The van der Waals surface area contributed by atoms with Crippen molar-refractivity contribution in [2.45, 2.75) is 110 Å². The number of unbranched alkanes of at least 4 members (excludes halogenated alkanes) is 10. The van der Waals surface area contributed by atoms with Crippen molar-refractivity contribution in [3.05, 3.63) is 0 Å². The van der Waals surface area contributed by atoms with Crippen LogP contribution in [0.2, 0.25) is 0 Å². The first-order chi connectivity index (χ1) is 10.2. The van der Waals surface area contributed by atoms with E-state index in [1.807, 2.05) is 0 Å². The zero-order chi connectivity index (χ0) is 15.8. The second kappa shape index (κ2) is 15.9. The summed E-state index contributed by atoms with van der Waals surface area (Å²) in [6.45, 7) is 4.68. The van der Waals surface area contributed by atoms with E-state index in [2.05, 4.69) is 13.8 Å². The first-order valence-corrected chi connectivity index (χ1v) is 9.38. The topological polar surface area (TPSA) is 37.3 Å². The third-order valence-electron chi connectivity index (χ3n) is 4.39. The Hall–Kier alpha value is -0.530. The molecule has 2 nitrogen and oxygen atoms in total. The predicted octanol–water partition coefficient (Wildman–Crippen LogP) is 6.58. The molecular weight excluding hydrogens is 260 g/mol. The average molecular weight is 299 g/mol. The Morgan fingerprint density at radius 3 is 1.67 bits per heavy atom. The number of carbonyl (C=O) groups is 1. The summed E-state index contributed by atoms with van der Waals surface area (Å²) < 4.78 is 0. The van der Waals surface area contributed by atoms with Gasteiger partial charge in [0.05, 0.1) is 0 Å². The van der Waals surface area contributed by atoms with Gasteiger partial charge in [-0.15, -0.1) is 0 Å². The van der Waals surface area contributed by atoms with Crippen LogP contribution < -0.4 is 0 Å². The molecule has 0 fully saturated rings. The Kier molecular flexibility index (Phi) is 15.5. The third-order valence-corrected chi connectivity index (χ3v) is 4.39. The molecule has 0 bridgehead atoms. The van der Waals surface area contributed by atoms with Crippen molar-refractivity contribution >= 4 is 5.97 Å². The lowest BCUT2D eigenvalue weighted by molar-refractivity contribution is -0.137. The van der Waals surface area contributed by atoms with Gasteiger partial charge in [-0.25, -0.2) is 0 Å². The van der Waals surface area contributed by atoms with Gasteiger partial charge in [0.15, 0.2) is 0 Å². The SMILES string of the molecule is CCCCC(C)CCCCCCCCCCCCC(=O)O. The van der Waals surface area contributed by atoms with Gasteiger partial charge in [-0.1, -0.05) is 97.3 Å². The number of carboxylic acid groups (broad SMARTS) is 1. The molecule has 0 saturated carbocycles. The summed E-state index contributed by atoms with van der Waals surface area (Å²) in [4.78, 5) is 10.4.